The monoisotopic (exact) mass is 300 g/mol. The zero-order chi connectivity index (χ0) is 15.7. The van der Waals surface area contributed by atoms with Gasteiger partial charge in [-0.2, -0.15) is 5.26 Å². The maximum absolute atomic E-state index is 14.0. The molecule has 22 heavy (non-hydrogen) atoms. The van der Waals surface area contributed by atoms with Crippen LogP contribution in [0.5, 0.6) is 0 Å². The normalized spacial score (nSPS) is 20.9. The summed E-state index contributed by atoms with van der Waals surface area (Å²) < 4.78 is 27.5. The zero-order valence-corrected chi connectivity index (χ0v) is 11.7. The van der Waals surface area contributed by atoms with Crippen molar-refractivity contribution in [1.29, 1.82) is 5.26 Å². The van der Waals surface area contributed by atoms with Crippen molar-refractivity contribution in [1.82, 2.24) is 0 Å². The van der Waals surface area contributed by atoms with Crippen LogP contribution < -0.4 is 4.90 Å². The summed E-state index contributed by atoms with van der Waals surface area (Å²) in [5.41, 5.74) is 1.53. The van der Waals surface area contributed by atoms with Crippen molar-refractivity contribution in [2.45, 2.75) is 18.6 Å². The van der Waals surface area contributed by atoms with E-state index in [2.05, 4.69) is 0 Å². The highest BCUT2D eigenvalue weighted by atomic mass is 19.1. The number of hydrogen-bond acceptors (Lipinski definition) is 3. The van der Waals surface area contributed by atoms with E-state index < -0.39 is 23.8 Å². The van der Waals surface area contributed by atoms with Gasteiger partial charge in [-0.3, -0.25) is 0 Å². The van der Waals surface area contributed by atoms with Gasteiger partial charge in [-0.15, -0.1) is 0 Å². The minimum Gasteiger partial charge on any atom is -0.391 e. The van der Waals surface area contributed by atoms with Gasteiger partial charge in [0.15, 0.2) is 0 Å². The number of benzene rings is 2. The van der Waals surface area contributed by atoms with E-state index in [-0.39, 0.29) is 5.56 Å². The Morgan fingerprint density at radius 2 is 1.86 bits per heavy atom. The lowest BCUT2D eigenvalue weighted by Gasteiger charge is -2.27. The molecule has 0 aromatic heterocycles. The molecule has 2 aromatic rings. The molecular weight excluding hydrogens is 286 g/mol. The second-order valence-corrected chi connectivity index (χ2v) is 5.38. The molecule has 0 bridgehead atoms. The summed E-state index contributed by atoms with van der Waals surface area (Å²) >= 11 is 0. The number of hydrogen-bond donors (Lipinski definition) is 1. The molecule has 0 unspecified atom stereocenters. The second kappa shape index (κ2) is 5.74. The Bertz CT molecular complexity index is 724. The second-order valence-electron chi connectivity index (χ2n) is 5.38. The molecule has 1 fully saturated rings. The van der Waals surface area contributed by atoms with E-state index in [4.69, 9.17) is 5.26 Å². The van der Waals surface area contributed by atoms with Gasteiger partial charge in [-0.25, -0.2) is 8.78 Å². The number of rotatable bonds is 2. The molecule has 2 atom stereocenters. The van der Waals surface area contributed by atoms with Gasteiger partial charge in [0.05, 0.1) is 23.8 Å². The molecule has 1 aliphatic rings. The summed E-state index contributed by atoms with van der Waals surface area (Å²) in [5, 5.41) is 18.8. The lowest BCUT2D eigenvalue weighted by molar-refractivity contribution is 0.194. The van der Waals surface area contributed by atoms with Crippen molar-refractivity contribution < 1.29 is 13.9 Å². The van der Waals surface area contributed by atoms with Crippen molar-refractivity contribution in [2.24, 2.45) is 0 Å². The number of aliphatic hydroxyl groups excluding tert-OH is 1. The SMILES string of the molecule is N#Cc1ccc(N2C[C@H](O)C[C@@H]2c2cc(F)ccc2F)cc1. The van der Waals surface area contributed by atoms with Crippen LogP contribution in [-0.2, 0) is 0 Å². The Labute approximate surface area is 127 Å². The van der Waals surface area contributed by atoms with E-state index in [0.29, 0.717) is 18.5 Å². The third-order valence-corrected chi connectivity index (χ3v) is 3.92. The van der Waals surface area contributed by atoms with E-state index in [9.17, 15) is 13.9 Å². The van der Waals surface area contributed by atoms with Gasteiger partial charge >= 0.3 is 0 Å². The quantitative estimate of drug-likeness (QED) is 0.927. The molecule has 5 heteroatoms. The molecule has 0 spiro atoms. The first-order valence-corrected chi connectivity index (χ1v) is 6.98. The predicted molar refractivity (Wildman–Crippen MR) is 78.2 cm³/mol. The van der Waals surface area contributed by atoms with Crippen LogP contribution in [0, 0.1) is 23.0 Å². The lowest BCUT2D eigenvalue weighted by Crippen LogP contribution is -2.24. The smallest absolute Gasteiger partial charge is 0.128 e. The van der Waals surface area contributed by atoms with Crippen LogP contribution in [-0.4, -0.2) is 17.8 Å². The highest BCUT2D eigenvalue weighted by molar-refractivity contribution is 5.53. The predicted octanol–water partition coefficient (Wildman–Crippen LogP) is 3.15. The van der Waals surface area contributed by atoms with Crippen molar-refractivity contribution in [3.63, 3.8) is 0 Å². The Balaban J connectivity index is 1.98. The number of aliphatic hydroxyl groups is 1. The average Bonchev–Trinajstić information content (AvgIpc) is 2.91. The van der Waals surface area contributed by atoms with E-state index >= 15 is 0 Å². The van der Waals surface area contributed by atoms with Crippen molar-refractivity contribution >= 4 is 5.69 Å². The molecule has 1 heterocycles. The van der Waals surface area contributed by atoms with Crippen LogP contribution in [0.4, 0.5) is 14.5 Å². The maximum Gasteiger partial charge on any atom is 0.128 e. The third kappa shape index (κ3) is 2.66. The number of nitriles is 1. The average molecular weight is 300 g/mol. The van der Waals surface area contributed by atoms with Gasteiger partial charge < -0.3 is 10.0 Å². The molecule has 0 radical (unpaired) electrons. The van der Waals surface area contributed by atoms with Gasteiger partial charge in [0, 0.05) is 17.8 Å². The Morgan fingerprint density at radius 3 is 2.55 bits per heavy atom. The van der Waals surface area contributed by atoms with E-state index in [1.165, 1.54) is 6.07 Å². The first kappa shape index (κ1) is 14.5. The zero-order valence-electron chi connectivity index (χ0n) is 11.7. The molecule has 2 aromatic carbocycles. The summed E-state index contributed by atoms with van der Waals surface area (Å²) in [7, 11) is 0. The number of nitrogens with zero attached hydrogens (tertiary/aromatic N) is 2. The van der Waals surface area contributed by atoms with Crippen molar-refractivity contribution in [3.05, 3.63) is 65.2 Å². The minimum absolute atomic E-state index is 0.237. The number of β-amino-alcohol motifs (C(OH)–C–C–N with tert-alkyl or cyclic N) is 1. The Morgan fingerprint density at radius 1 is 1.14 bits per heavy atom. The standard InChI is InChI=1S/C17H14F2N2O/c18-12-3-6-16(19)15(7-12)17-8-14(22)10-21(17)13-4-1-11(9-20)2-5-13/h1-7,14,17,22H,8,10H2/t14-,17-/m1/s1. The molecule has 3 nitrogen and oxygen atoms in total. The van der Waals surface area contributed by atoms with Crippen LogP contribution in [0.3, 0.4) is 0 Å². The van der Waals surface area contributed by atoms with Crippen LogP contribution in [0.2, 0.25) is 0 Å². The molecule has 1 aliphatic heterocycles. The molecular formula is C17H14F2N2O. The van der Waals surface area contributed by atoms with E-state index in [1.54, 1.807) is 24.3 Å². The molecule has 3 rings (SSSR count). The van der Waals surface area contributed by atoms with Gasteiger partial charge in [0.1, 0.15) is 11.6 Å². The van der Waals surface area contributed by atoms with Gasteiger partial charge in [0.2, 0.25) is 0 Å². The molecule has 112 valence electrons. The van der Waals surface area contributed by atoms with Crippen molar-refractivity contribution in [3.8, 4) is 6.07 Å². The van der Waals surface area contributed by atoms with Crippen LogP contribution in [0.1, 0.15) is 23.6 Å². The molecule has 1 saturated heterocycles. The summed E-state index contributed by atoms with van der Waals surface area (Å²) in [5.74, 6) is -0.989. The van der Waals surface area contributed by atoms with Crippen LogP contribution in [0.15, 0.2) is 42.5 Å². The Kier molecular flexibility index (Phi) is 3.78. The molecule has 0 amide bonds. The number of anilines is 1. The largest absolute Gasteiger partial charge is 0.391 e. The number of halogens is 2. The summed E-state index contributed by atoms with van der Waals surface area (Å²) in [6.07, 6.45) is -0.274. The van der Waals surface area contributed by atoms with Gasteiger partial charge in [0.25, 0.3) is 0 Å². The highest BCUT2D eigenvalue weighted by Crippen LogP contribution is 2.37. The van der Waals surface area contributed by atoms with Gasteiger partial charge in [-0.05, 0) is 48.9 Å². The lowest BCUT2D eigenvalue weighted by atomic mass is 10.0. The fourth-order valence-electron chi connectivity index (χ4n) is 2.89. The summed E-state index contributed by atoms with van der Waals surface area (Å²) in [4.78, 5) is 1.84. The topological polar surface area (TPSA) is 47.3 Å². The molecule has 0 aliphatic carbocycles. The van der Waals surface area contributed by atoms with E-state index in [0.717, 1.165) is 17.8 Å². The molecule has 0 saturated carbocycles. The third-order valence-electron chi connectivity index (χ3n) is 3.92. The van der Waals surface area contributed by atoms with Crippen LogP contribution in [0.25, 0.3) is 0 Å². The summed E-state index contributed by atoms with van der Waals surface area (Å²) in [6.45, 7) is 0.340. The van der Waals surface area contributed by atoms with Crippen molar-refractivity contribution in [2.75, 3.05) is 11.4 Å². The maximum atomic E-state index is 14.0. The summed E-state index contributed by atoms with van der Waals surface area (Å²) in [6, 6.07) is 11.8. The minimum atomic E-state index is -0.608. The van der Waals surface area contributed by atoms with Gasteiger partial charge in [-0.1, -0.05) is 0 Å². The fourth-order valence-corrected chi connectivity index (χ4v) is 2.89. The highest BCUT2D eigenvalue weighted by Gasteiger charge is 2.34. The molecule has 1 N–H and O–H groups in total. The van der Waals surface area contributed by atoms with Crippen LogP contribution >= 0.6 is 0 Å². The Hall–Kier alpha value is -2.45. The fraction of sp³-hybridized carbons (Fsp3) is 0.235. The van der Waals surface area contributed by atoms with E-state index in [1.807, 2.05) is 11.0 Å². The first-order chi connectivity index (χ1) is 10.6. The first-order valence-electron chi connectivity index (χ1n) is 6.98.